The van der Waals surface area contributed by atoms with Gasteiger partial charge in [0.1, 0.15) is 0 Å². The molecule has 1 amide bonds. The van der Waals surface area contributed by atoms with Crippen LogP contribution in [0.5, 0.6) is 0 Å². The van der Waals surface area contributed by atoms with Gasteiger partial charge in [-0.3, -0.25) is 4.79 Å². The third kappa shape index (κ3) is 2.58. The topological polar surface area (TPSA) is 78.5 Å². The summed E-state index contributed by atoms with van der Waals surface area (Å²) < 4.78 is 6.50. The van der Waals surface area contributed by atoms with Crippen molar-refractivity contribution in [3.63, 3.8) is 0 Å². The van der Waals surface area contributed by atoms with Crippen LogP contribution in [0.4, 0.5) is 5.69 Å². The number of nitrogens with one attached hydrogen (secondary N) is 1. The van der Waals surface area contributed by atoms with Gasteiger partial charge in [-0.05, 0) is 43.5 Å². The number of carbonyl (C=O) groups excluding carboxylic acids is 2. The second-order valence-corrected chi connectivity index (χ2v) is 6.53. The number of rotatable bonds is 3. The van der Waals surface area contributed by atoms with Crippen LogP contribution < -0.4 is 10.4 Å². The molecule has 0 saturated carbocycles. The summed E-state index contributed by atoms with van der Waals surface area (Å²) in [5.74, 6) is -3.02. The van der Waals surface area contributed by atoms with Crippen molar-refractivity contribution in [1.82, 2.24) is 0 Å². The van der Waals surface area contributed by atoms with E-state index in [1.165, 1.54) is 0 Å². The highest BCUT2D eigenvalue weighted by molar-refractivity contribution is 9.10. The van der Waals surface area contributed by atoms with Crippen LogP contribution in [0.1, 0.15) is 18.4 Å². The molecule has 2 bridgehead atoms. The fourth-order valence-electron chi connectivity index (χ4n) is 3.29. The quantitative estimate of drug-likeness (QED) is 0.887. The average molecular weight is 353 g/mol. The highest BCUT2D eigenvalue weighted by atomic mass is 79.9. The number of carboxylic acid groups (broad SMARTS) is 1. The molecule has 112 valence electrons. The largest absolute Gasteiger partial charge is 0.550 e. The van der Waals surface area contributed by atoms with E-state index in [0.717, 1.165) is 16.5 Å². The number of halogens is 1. The summed E-state index contributed by atoms with van der Waals surface area (Å²) in [5, 5.41) is 14.1. The number of ether oxygens (including phenoxy) is 1. The molecule has 1 aromatic rings. The molecular formula is C15H15BrNO4-. The molecule has 1 N–H and O–H groups in total. The standard InChI is InChI=1S/C15H16BrNO4/c1-7-6-8(16)2-3-9(7)17-14(18)12-10-4-5-11(21-10)13(12)15(19)20/h2-3,6,10-13H,4-5H2,1H3,(H,17,18)(H,19,20)/p-1/t10-,11+,12+,13+/m1/s1. The van der Waals surface area contributed by atoms with E-state index in [4.69, 9.17) is 4.74 Å². The van der Waals surface area contributed by atoms with Gasteiger partial charge in [0.05, 0.1) is 18.1 Å². The highest BCUT2D eigenvalue weighted by Gasteiger charge is 2.52. The van der Waals surface area contributed by atoms with Gasteiger partial charge in [-0.15, -0.1) is 0 Å². The molecular weight excluding hydrogens is 338 g/mol. The molecule has 2 heterocycles. The summed E-state index contributed by atoms with van der Waals surface area (Å²) in [6.07, 6.45) is 0.714. The Morgan fingerprint density at radius 3 is 2.57 bits per heavy atom. The molecule has 0 aromatic heterocycles. The van der Waals surface area contributed by atoms with Crippen LogP contribution in [0.2, 0.25) is 0 Å². The van der Waals surface area contributed by atoms with Gasteiger partial charge in [-0.25, -0.2) is 0 Å². The summed E-state index contributed by atoms with van der Waals surface area (Å²) in [4.78, 5) is 23.8. The lowest BCUT2D eigenvalue weighted by Crippen LogP contribution is -2.46. The maximum Gasteiger partial charge on any atom is 0.230 e. The number of aryl methyl sites for hydroxylation is 1. The van der Waals surface area contributed by atoms with E-state index in [9.17, 15) is 14.7 Å². The normalized spacial score (nSPS) is 30.4. The molecule has 0 unspecified atom stereocenters. The van der Waals surface area contributed by atoms with Crippen LogP contribution in [0.15, 0.2) is 22.7 Å². The van der Waals surface area contributed by atoms with Gasteiger partial charge < -0.3 is 20.0 Å². The van der Waals surface area contributed by atoms with Crippen LogP contribution in [0.3, 0.4) is 0 Å². The zero-order chi connectivity index (χ0) is 15.1. The lowest BCUT2D eigenvalue weighted by Gasteiger charge is -2.27. The number of anilines is 1. The first-order chi connectivity index (χ1) is 9.97. The molecule has 0 radical (unpaired) electrons. The number of hydrogen-bond donors (Lipinski definition) is 1. The van der Waals surface area contributed by atoms with Gasteiger partial charge >= 0.3 is 0 Å². The van der Waals surface area contributed by atoms with E-state index in [1.807, 2.05) is 19.1 Å². The maximum absolute atomic E-state index is 12.5. The molecule has 6 heteroatoms. The molecule has 5 nitrogen and oxygen atoms in total. The average Bonchev–Trinajstić information content (AvgIpc) is 3.02. The minimum absolute atomic E-state index is 0.304. The SMILES string of the molecule is Cc1cc(Br)ccc1NC(=O)[C@@H]1[C@@H](C(=O)[O-])[C@@H]2CC[C@H]1O2. The first-order valence-corrected chi connectivity index (χ1v) is 7.70. The Balaban J connectivity index is 1.80. The molecule has 0 aliphatic carbocycles. The van der Waals surface area contributed by atoms with E-state index in [0.29, 0.717) is 12.1 Å². The summed E-state index contributed by atoms with van der Waals surface area (Å²) in [6.45, 7) is 1.88. The maximum atomic E-state index is 12.5. The monoisotopic (exact) mass is 352 g/mol. The fourth-order valence-corrected chi connectivity index (χ4v) is 3.77. The van der Waals surface area contributed by atoms with E-state index in [2.05, 4.69) is 21.2 Å². The second-order valence-electron chi connectivity index (χ2n) is 5.61. The summed E-state index contributed by atoms with van der Waals surface area (Å²) in [6, 6.07) is 5.51. The van der Waals surface area contributed by atoms with Crippen molar-refractivity contribution in [1.29, 1.82) is 0 Å². The molecule has 2 saturated heterocycles. The van der Waals surface area contributed by atoms with E-state index < -0.39 is 17.8 Å². The molecule has 2 aliphatic heterocycles. The van der Waals surface area contributed by atoms with Crippen molar-refractivity contribution >= 4 is 33.5 Å². The number of carbonyl (C=O) groups is 2. The Hall–Kier alpha value is -1.40. The molecule has 1 aromatic carbocycles. The van der Waals surface area contributed by atoms with Crippen LogP contribution in [-0.2, 0) is 14.3 Å². The number of amides is 1. The van der Waals surface area contributed by atoms with E-state index in [-0.39, 0.29) is 18.1 Å². The second kappa shape index (κ2) is 5.42. The number of benzene rings is 1. The van der Waals surface area contributed by atoms with Crippen molar-refractivity contribution in [2.24, 2.45) is 11.8 Å². The van der Waals surface area contributed by atoms with Crippen LogP contribution in [0.25, 0.3) is 0 Å². The number of fused-ring (bicyclic) bond motifs is 2. The highest BCUT2D eigenvalue weighted by Crippen LogP contribution is 2.43. The van der Waals surface area contributed by atoms with Gasteiger partial charge in [-0.2, -0.15) is 0 Å². The van der Waals surface area contributed by atoms with Crippen molar-refractivity contribution in [2.75, 3.05) is 5.32 Å². The summed E-state index contributed by atoms with van der Waals surface area (Å²) >= 11 is 3.37. The Labute approximate surface area is 130 Å². The van der Waals surface area contributed by atoms with E-state index >= 15 is 0 Å². The Bertz CT molecular complexity index is 603. The third-order valence-electron chi connectivity index (χ3n) is 4.29. The van der Waals surface area contributed by atoms with Gasteiger partial charge in [0.15, 0.2) is 0 Å². The number of aliphatic carboxylic acids is 1. The summed E-state index contributed by atoms with van der Waals surface area (Å²) in [5.41, 5.74) is 1.59. The van der Waals surface area contributed by atoms with Gasteiger partial charge in [0.25, 0.3) is 0 Å². The van der Waals surface area contributed by atoms with Crippen molar-refractivity contribution in [3.8, 4) is 0 Å². The zero-order valence-corrected chi connectivity index (χ0v) is 13.1. The molecule has 2 aliphatic rings. The number of carboxylic acids is 1. The molecule has 3 rings (SSSR count). The summed E-state index contributed by atoms with van der Waals surface area (Å²) in [7, 11) is 0. The molecule has 0 spiro atoms. The van der Waals surface area contributed by atoms with Crippen molar-refractivity contribution in [3.05, 3.63) is 28.2 Å². The lowest BCUT2D eigenvalue weighted by atomic mass is 9.78. The minimum Gasteiger partial charge on any atom is -0.550 e. The predicted octanol–water partition coefficient (Wildman–Crippen LogP) is 1.24. The predicted molar refractivity (Wildman–Crippen MR) is 77.4 cm³/mol. The smallest absolute Gasteiger partial charge is 0.230 e. The molecule has 21 heavy (non-hydrogen) atoms. The van der Waals surface area contributed by atoms with Gasteiger partial charge in [0.2, 0.25) is 5.91 Å². The lowest BCUT2D eigenvalue weighted by molar-refractivity contribution is -0.313. The van der Waals surface area contributed by atoms with Gasteiger partial charge in [0, 0.05) is 22.0 Å². The van der Waals surface area contributed by atoms with Crippen LogP contribution in [-0.4, -0.2) is 24.1 Å². The first kappa shape index (κ1) is 14.5. The van der Waals surface area contributed by atoms with Crippen molar-refractivity contribution in [2.45, 2.75) is 32.0 Å². The first-order valence-electron chi connectivity index (χ1n) is 6.90. The fraction of sp³-hybridized carbons (Fsp3) is 0.467. The molecule has 4 atom stereocenters. The van der Waals surface area contributed by atoms with Crippen LogP contribution in [0, 0.1) is 18.8 Å². The molecule has 2 fully saturated rings. The van der Waals surface area contributed by atoms with Crippen LogP contribution >= 0.6 is 15.9 Å². The van der Waals surface area contributed by atoms with Crippen molar-refractivity contribution < 1.29 is 19.4 Å². The zero-order valence-electron chi connectivity index (χ0n) is 11.5. The van der Waals surface area contributed by atoms with Gasteiger partial charge in [-0.1, -0.05) is 15.9 Å². The number of hydrogen-bond acceptors (Lipinski definition) is 4. The van der Waals surface area contributed by atoms with E-state index in [1.54, 1.807) is 6.07 Å². The minimum atomic E-state index is -1.20. The Kier molecular flexibility index (Phi) is 3.75. The Morgan fingerprint density at radius 1 is 1.29 bits per heavy atom. The Morgan fingerprint density at radius 2 is 1.95 bits per heavy atom. The third-order valence-corrected chi connectivity index (χ3v) is 4.79.